The maximum Gasteiger partial charge on any atom is 0.237 e. The zero-order valence-corrected chi connectivity index (χ0v) is 19.0. The second kappa shape index (κ2) is 11.9. The van der Waals surface area contributed by atoms with Gasteiger partial charge >= 0.3 is 0 Å². The van der Waals surface area contributed by atoms with Gasteiger partial charge in [-0.3, -0.25) is 4.79 Å². The fourth-order valence-corrected chi connectivity index (χ4v) is 5.08. The highest BCUT2D eigenvalue weighted by molar-refractivity contribution is 7.99. The van der Waals surface area contributed by atoms with E-state index in [-0.39, 0.29) is 17.9 Å². The van der Waals surface area contributed by atoms with Gasteiger partial charge in [0.25, 0.3) is 0 Å². The van der Waals surface area contributed by atoms with Crippen LogP contribution in [0, 0.1) is 11.8 Å². The molecule has 0 aromatic carbocycles. The minimum atomic E-state index is -1.31. The van der Waals surface area contributed by atoms with E-state index in [0.717, 1.165) is 25.8 Å². The van der Waals surface area contributed by atoms with Crippen molar-refractivity contribution < 1.29 is 24.9 Å². The summed E-state index contributed by atoms with van der Waals surface area (Å²) < 4.78 is 5.90. The maximum absolute atomic E-state index is 13.0. The highest BCUT2D eigenvalue weighted by Gasteiger charge is 2.47. The number of carbonyl (C=O) groups is 1. The van der Waals surface area contributed by atoms with Crippen molar-refractivity contribution in [3.05, 3.63) is 0 Å². The van der Waals surface area contributed by atoms with Crippen molar-refractivity contribution in [2.75, 3.05) is 12.8 Å². The van der Waals surface area contributed by atoms with Gasteiger partial charge in [0.2, 0.25) is 5.91 Å². The number of hydrogen-bond donors (Lipinski definition) is 5. The van der Waals surface area contributed by atoms with Crippen molar-refractivity contribution in [1.82, 2.24) is 10.6 Å². The van der Waals surface area contributed by atoms with Crippen LogP contribution >= 0.6 is 11.8 Å². The molecule has 0 bridgehead atoms. The molecule has 0 aromatic heterocycles. The third-order valence-electron chi connectivity index (χ3n) is 6.26. The summed E-state index contributed by atoms with van der Waals surface area (Å²) in [6.45, 7) is 6.94. The lowest BCUT2D eigenvalue weighted by atomic mass is 9.86. The molecule has 5 N–H and O–H groups in total. The van der Waals surface area contributed by atoms with Crippen LogP contribution < -0.4 is 10.6 Å². The van der Waals surface area contributed by atoms with E-state index < -0.39 is 35.9 Å². The van der Waals surface area contributed by atoms with E-state index in [9.17, 15) is 20.1 Å². The summed E-state index contributed by atoms with van der Waals surface area (Å²) >= 11 is 1.28. The number of unbranched alkanes of at least 4 members (excludes halogenated alkanes) is 2. The largest absolute Gasteiger partial charge is 0.388 e. The molecule has 8 heteroatoms. The van der Waals surface area contributed by atoms with Crippen molar-refractivity contribution >= 4 is 17.7 Å². The van der Waals surface area contributed by atoms with Gasteiger partial charge in [0, 0.05) is 0 Å². The lowest BCUT2D eigenvalue weighted by molar-refractivity contribution is -0.208. The van der Waals surface area contributed by atoms with Crippen LogP contribution in [0.25, 0.3) is 0 Å². The molecule has 2 saturated heterocycles. The molecule has 170 valence electrons. The number of hydrogen-bond acceptors (Lipinski definition) is 7. The van der Waals surface area contributed by atoms with E-state index in [4.69, 9.17) is 4.74 Å². The third-order valence-corrected chi connectivity index (χ3v) is 7.12. The van der Waals surface area contributed by atoms with E-state index in [1.54, 1.807) is 6.26 Å². The first-order chi connectivity index (χ1) is 13.8. The molecule has 0 spiro atoms. The summed E-state index contributed by atoms with van der Waals surface area (Å²) in [7, 11) is 0. The number of rotatable bonds is 9. The van der Waals surface area contributed by atoms with Gasteiger partial charge in [0.15, 0.2) is 0 Å². The second-order valence-corrected chi connectivity index (χ2v) is 9.78. The average Bonchev–Trinajstić information content (AvgIpc) is 2.71. The van der Waals surface area contributed by atoms with E-state index in [1.807, 2.05) is 13.8 Å². The SMILES string of the molecule is CCCCC[C@@H]1CCN[C@H](C(=O)N[C@H](C(C)C)[C@H]2O[C@H](SC)[C@H](O)[C@@H](O)[C@H]2O)C1. The van der Waals surface area contributed by atoms with Gasteiger partial charge in [0.1, 0.15) is 29.9 Å². The number of aliphatic hydroxyl groups excluding tert-OH is 3. The number of piperidine rings is 1. The summed E-state index contributed by atoms with van der Waals surface area (Å²) in [5.41, 5.74) is -0.646. The third kappa shape index (κ3) is 6.55. The zero-order valence-electron chi connectivity index (χ0n) is 18.2. The fraction of sp³-hybridized carbons (Fsp3) is 0.952. The molecule has 0 saturated carbocycles. The number of thioether (sulfide) groups is 1. The molecule has 2 aliphatic heterocycles. The number of nitrogens with one attached hydrogen (secondary N) is 2. The molecule has 8 atom stereocenters. The minimum absolute atomic E-state index is 0.00695. The molecule has 2 rings (SSSR count). The van der Waals surface area contributed by atoms with Gasteiger partial charge in [-0.2, -0.15) is 0 Å². The Bertz CT molecular complexity index is 507. The van der Waals surface area contributed by atoms with E-state index in [1.165, 1.54) is 31.0 Å². The monoisotopic (exact) mass is 432 g/mol. The molecule has 7 nitrogen and oxygen atoms in total. The highest BCUT2D eigenvalue weighted by Crippen LogP contribution is 2.30. The number of ether oxygens (including phenoxy) is 1. The molecule has 1 amide bonds. The lowest BCUT2D eigenvalue weighted by Gasteiger charge is -2.44. The molecular formula is C21H40N2O5S. The van der Waals surface area contributed by atoms with Crippen molar-refractivity contribution in [3.8, 4) is 0 Å². The van der Waals surface area contributed by atoms with Crippen LogP contribution in [0.3, 0.4) is 0 Å². The Balaban J connectivity index is 2.01. The fourth-order valence-electron chi connectivity index (χ4n) is 4.40. The van der Waals surface area contributed by atoms with Crippen LogP contribution in [0.2, 0.25) is 0 Å². The molecule has 0 aromatic rings. The smallest absolute Gasteiger partial charge is 0.237 e. The van der Waals surface area contributed by atoms with Gasteiger partial charge in [-0.1, -0.05) is 46.5 Å². The first-order valence-electron chi connectivity index (χ1n) is 11.1. The van der Waals surface area contributed by atoms with Gasteiger partial charge in [-0.05, 0) is 37.5 Å². The molecule has 29 heavy (non-hydrogen) atoms. The van der Waals surface area contributed by atoms with Crippen LogP contribution in [0.1, 0.15) is 59.3 Å². The molecule has 2 aliphatic rings. The Morgan fingerprint density at radius 2 is 1.93 bits per heavy atom. The summed E-state index contributed by atoms with van der Waals surface area (Å²) in [5.74, 6) is 0.471. The van der Waals surface area contributed by atoms with Crippen LogP contribution in [-0.2, 0) is 9.53 Å². The minimum Gasteiger partial charge on any atom is -0.388 e. The first-order valence-corrected chi connectivity index (χ1v) is 12.3. The zero-order chi connectivity index (χ0) is 21.6. The van der Waals surface area contributed by atoms with Crippen LogP contribution in [-0.4, -0.2) is 76.0 Å². The predicted octanol–water partition coefficient (Wildman–Crippen LogP) is 1.25. The van der Waals surface area contributed by atoms with Crippen molar-refractivity contribution in [2.45, 2.75) is 101 Å². The van der Waals surface area contributed by atoms with Gasteiger partial charge < -0.3 is 30.7 Å². The molecule has 2 heterocycles. The molecular weight excluding hydrogens is 392 g/mol. The number of amides is 1. The average molecular weight is 433 g/mol. The van der Waals surface area contributed by atoms with Crippen molar-refractivity contribution in [1.29, 1.82) is 0 Å². The normalized spacial score (nSPS) is 36.8. The molecule has 2 fully saturated rings. The summed E-state index contributed by atoms with van der Waals surface area (Å²) in [6, 6.07) is -0.708. The Morgan fingerprint density at radius 1 is 1.21 bits per heavy atom. The Hall–Kier alpha value is -0.380. The van der Waals surface area contributed by atoms with Gasteiger partial charge in [0.05, 0.1) is 12.1 Å². The Morgan fingerprint density at radius 3 is 2.55 bits per heavy atom. The quantitative estimate of drug-likeness (QED) is 0.349. The first kappa shape index (κ1) is 24.9. The summed E-state index contributed by atoms with van der Waals surface area (Å²) in [6.07, 6.45) is 4.01. The van der Waals surface area contributed by atoms with E-state index in [0.29, 0.717) is 5.92 Å². The Labute approximate surface area is 179 Å². The molecule has 0 unspecified atom stereocenters. The van der Waals surface area contributed by atoms with E-state index in [2.05, 4.69) is 17.6 Å². The number of aliphatic hydroxyl groups is 3. The van der Waals surface area contributed by atoms with Gasteiger partial charge in [-0.25, -0.2) is 0 Å². The van der Waals surface area contributed by atoms with Crippen molar-refractivity contribution in [2.24, 2.45) is 11.8 Å². The molecule has 0 radical (unpaired) electrons. The van der Waals surface area contributed by atoms with Gasteiger partial charge in [-0.15, -0.1) is 11.8 Å². The Kier molecular flexibility index (Phi) is 10.2. The predicted molar refractivity (Wildman–Crippen MR) is 116 cm³/mol. The second-order valence-electron chi connectivity index (χ2n) is 8.85. The number of carbonyl (C=O) groups excluding carboxylic acids is 1. The van der Waals surface area contributed by atoms with Crippen LogP contribution in [0.5, 0.6) is 0 Å². The van der Waals surface area contributed by atoms with Crippen LogP contribution in [0.15, 0.2) is 0 Å². The highest BCUT2D eigenvalue weighted by atomic mass is 32.2. The van der Waals surface area contributed by atoms with Crippen LogP contribution in [0.4, 0.5) is 0 Å². The lowest BCUT2D eigenvalue weighted by Crippen LogP contribution is -2.65. The summed E-state index contributed by atoms with van der Waals surface area (Å²) in [5, 5.41) is 37.3. The standard InChI is InChI=1S/C21H40N2O5S/c1-5-6-7-8-13-9-10-22-14(11-13)20(27)23-15(12(2)3)19-17(25)16(24)18(26)21(28-19)29-4/h12-19,21-22,24-26H,5-11H2,1-4H3,(H,23,27)/t13-,14+,15-,16+,17-,18-,19-,21-/m1/s1. The topological polar surface area (TPSA) is 111 Å². The van der Waals surface area contributed by atoms with E-state index >= 15 is 0 Å². The molecule has 0 aliphatic carbocycles. The van der Waals surface area contributed by atoms with Crippen molar-refractivity contribution in [3.63, 3.8) is 0 Å². The summed E-state index contributed by atoms with van der Waals surface area (Å²) in [4.78, 5) is 13.0. The maximum atomic E-state index is 13.0.